The zero-order valence-corrected chi connectivity index (χ0v) is 16.3. The zero-order valence-electron chi connectivity index (χ0n) is 14.8. The number of rotatable bonds is 8. The summed E-state index contributed by atoms with van der Waals surface area (Å²) in [5.41, 5.74) is 1.46. The number of hydrogen-bond acceptors (Lipinski definition) is 5. The normalized spacial score (nSPS) is 10.4. The number of nitrogens with one attached hydrogen (secondary N) is 1. The maximum Gasteiger partial charge on any atom is 0.251 e. The fourth-order valence-corrected chi connectivity index (χ4v) is 3.42. The van der Waals surface area contributed by atoms with Crippen LogP contribution in [0.2, 0.25) is 4.34 Å². The maximum atomic E-state index is 12.4. The Hall–Kier alpha value is -2.57. The molecule has 0 aliphatic heterocycles. The third kappa shape index (κ3) is 5.45. The molecule has 2 aromatic heterocycles. The molecule has 3 rings (SSSR count). The zero-order chi connectivity index (χ0) is 19.1. The van der Waals surface area contributed by atoms with Crippen LogP contribution in [-0.4, -0.2) is 17.5 Å². The number of ether oxygens (including phenoxy) is 2. The van der Waals surface area contributed by atoms with Crippen LogP contribution in [0.4, 0.5) is 0 Å². The fraction of sp³-hybridized carbons (Fsp3) is 0.200. The third-order valence-corrected chi connectivity index (χ3v) is 4.91. The van der Waals surface area contributed by atoms with E-state index in [-0.39, 0.29) is 5.91 Å². The van der Waals surface area contributed by atoms with Crippen molar-refractivity contribution >= 4 is 28.8 Å². The Morgan fingerprint density at radius 2 is 2.07 bits per heavy atom. The second-order valence-electron chi connectivity index (χ2n) is 5.63. The van der Waals surface area contributed by atoms with Crippen molar-refractivity contribution in [3.63, 3.8) is 0 Å². The van der Waals surface area contributed by atoms with E-state index in [1.807, 2.05) is 31.2 Å². The van der Waals surface area contributed by atoms with Gasteiger partial charge in [0.25, 0.3) is 5.91 Å². The Labute approximate surface area is 166 Å². The van der Waals surface area contributed by atoms with Gasteiger partial charge in [0.2, 0.25) is 0 Å². The van der Waals surface area contributed by atoms with Crippen LogP contribution < -0.4 is 14.8 Å². The van der Waals surface area contributed by atoms with Crippen molar-refractivity contribution < 1.29 is 14.3 Å². The number of nitrogens with zero attached hydrogens (tertiary/aromatic N) is 1. The van der Waals surface area contributed by atoms with Crippen LogP contribution in [-0.2, 0) is 13.2 Å². The second kappa shape index (κ2) is 9.39. The summed E-state index contributed by atoms with van der Waals surface area (Å²) in [5.74, 6) is 0.940. The fourth-order valence-electron chi connectivity index (χ4n) is 2.40. The molecular weight excluding hydrogens is 384 g/mol. The number of hydrogen-bond donors (Lipinski definition) is 1. The predicted octanol–water partition coefficient (Wildman–Crippen LogP) is 4.70. The van der Waals surface area contributed by atoms with Crippen molar-refractivity contribution in [3.05, 3.63) is 75.2 Å². The van der Waals surface area contributed by atoms with Gasteiger partial charge in [0.15, 0.2) is 11.5 Å². The number of thiophene rings is 1. The molecule has 3 aromatic rings. The molecule has 0 atom stereocenters. The number of carbonyl (C=O) groups is 1. The highest BCUT2D eigenvalue weighted by Crippen LogP contribution is 2.29. The average Bonchev–Trinajstić information content (AvgIpc) is 3.11. The summed E-state index contributed by atoms with van der Waals surface area (Å²) < 4.78 is 12.2. The van der Waals surface area contributed by atoms with Crippen LogP contribution in [0.1, 0.15) is 27.7 Å². The highest BCUT2D eigenvalue weighted by Gasteiger charge is 2.12. The smallest absolute Gasteiger partial charge is 0.251 e. The lowest BCUT2D eigenvalue weighted by Gasteiger charge is -2.13. The van der Waals surface area contributed by atoms with E-state index in [2.05, 4.69) is 10.3 Å². The maximum absolute atomic E-state index is 12.4. The number of carbonyl (C=O) groups excluding carboxylic acids is 1. The van der Waals surface area contributed by atoms with Crippen LogP contribution in [0, 0.1) is 0 Å². The van der Waals surface area contributed by atoms with Gasteiger partial charge in [-0.25, -0.2) is 0 Å². The molecule has 0 aliphatic rings. The molecule has 5 nitrogen and oxygen atoms in total. The summed E-state index contributed by atoms with van der Waals surface area (Å²) in [6, 6.07) is 12.7. The van der Waals surface area contributed by atoms with Crippen molar-refractivity contribution in [3.8, 4) is 11.5 Å². The molecule has 0 unspecified atom stereocenters. The van der Waals surface area contributed by atoms with E-state index >= 15 is 0 Å². The summed E-state index contributed by atoms with van der Waals surface area (Å²) in [6.07, 6.45) is 3.46. The molecule has 0 fully saturated rings. The molecule has 0 bridgehead atoms. The van der Waals surface area contributed by atoms with Gasteiger partial charge in [-0.15, -0.1) is 11.3 Å². The van der Waals surface area contributed by atoms with Crippen molar-refractivity contribution in [2.24, 2.45) is 0 Å². The van der Waals surface area contributed by atoms with Gasteiger partial charge in [-0.3, -0.25) is 9.78 Å². The summed E-state index contributed by atoms with van der Waals surface area (Å²) in [4.78, 5) is 17.5. The highest BCUT2D eigenvalue weighted by atomic mass is 35.5. The minimum atomic E-state index is -0.181. The summed E-state index contributed by atoms with van der Waals surface area (Å²) in [6.45, 7) is 3.16. The molecule has 7 heteroatoms. The molecule has 0 spiro atoms. The van der Waals surface area contributed by atoms with Crippen LogP contribution in [0.15, 0.2) is 54.9 Å². The Balaban J connectivity index is 1.67. The number of amides is 1. The molecule has 2 heterocycles. The first-order chi connectivity index (χ1) is 13.2. The number of halogens is 1. The lowest BCUT2D eigenvalue weighted by Crippen LogP contribution is -2.22. The van der Waals surface area contributed by atoms with Crippen LogP contribution in [0.25, 0.3) is 0 Å². The summed E-state index contributed by atoms with van der Waals surface area (Å²) in [5, 5.41) is 2.88. The SMILES string of the molecule is CCOc1cc(C(=O)NCc2ccc(Cl)s2)ccc1OCc1cccnc1. The third-order valence-electron chi connectivity index (χ3n) is 3.67. The monoisotopic (exact) mass is 402 g/mol. The van der Waals surface area contributed by atoms with Gasteiger partial charge in [-0.2, -0.15) is 0 Å². The first kappa shape index (κ1) is 19.2. The van der Waals surface area contributed by atoms with Crippen LogP contribution in [0.5, 0.6) is 11.5 Å². The number of pyridine rings is 1. The Morgan fingerprint density at radius 1 is 1.19 bits per heavy atom. The van der Waals surface area contributed by atoms with Gasteiger partial charge < -0.3 is 14.8 Å². The Morgan fingerprint density at radius 3 is 2.78 bits per heavy atom. The first-order valence-electron chi connectivity index (χ1n) is 8.46. The van der Waals surface area contributed by atoms with E-state index in [1.165, 1.54) is 11.3 Å². The molecule has 0 saturated heterocycles. The highest BCUT2D eigenvalue weighted by molar-refractivity contribution is 7.16. The molecule has 0 aliphatic carbocycles. The van der Waals surface area contributed by atoms with Crippen molar-refractivity contribution in [1.82, 2.24) is 10.3 Å². The van der Waals surface area contributed by atoms with E-state index in [0.29, 0.717) is 41.2 Å². The van der Waals surface area contributed by atoms with Gasteiger partial charge in [-0.05, 0) is 43.3 Å². The van der Waals surface area contributed by atoms with E-state index in [0.717, 1.165) is 10.4 Å². The Kier molecular flexibility index (Phi) is 6.68. The van der Waals surface area contributed by atoms with Gasteiger partial charge in [0.05, 0.1) is 17.5 Å². The van der Waals surface area contributed by atoms with Gasteiger partial charge >= 0.3 is 0 Å². The molecule has 27 heavy (non-hydrogen) atoms. The van der Waals surface area contributed by atoms with Gasteiger partial charge in [0.1, 0.15) is 6.61 Å². The van der Waals surface area contributed by atoms with Gasteiger partial charge in [0, 0.05) is 28.4 Å². The van der Waals surface area contributed by atoms with Crippen molar-refractivity contribution in [2.45, 2.75) is 20.1 Å². The largest absolute Gasteiger partial charge is 0.490 e. The molecular formula is C20H19ClN2O3S. The minimum absolute atomic E-state index is 0.181. The second-order valence-corrected chi connectivity index (χ2v) is 7.43. The molecule has 140 valence electrons. The molecule has 1 N–H and O–H groups in total. The Bertz CT molecular complexity index is 899. The standard InChI is InChI=1S/C20H19ClN2O3S/c1-2-25-18-10-15(20(24)23-12-16-6-8-19(21)27-16)5-7-17(18)26-13-14-4-3-9-22-11-14/h3-11H,2,12-13H2,1H3,(H,23,24). The summed E-state index contributed by atoms with van der Waals surface area (Å²) in [7, 11) is 0. The summed E-state index contributed by atoms with van der Waals surface area (Å²) >= 11 is 7.36. The van der Waals surface area contributed by atoms with Crippen LogP contribution >= 0.6 is 22.9 Å². The van der Waals surface area contributed by atoms with Crippen molar-refractivity contribution in [2.75, 3.05) is 6.61 Å². The predicted molar refractivity (Wildman–Crippen MR) is 107 cm³/mol. The van der Waals surface area contributed by atoms with E-state index in [4.69, 9.17) is 21.1 Å². The average molecular weight is 403 g/mol. The van der Waals surface area contributed by atoms with Crippen LogP contribution in [0.3, 0.4) is 0 Å². The first-order valence-corrected chi connectivity index (χ1v) is 9.66. The van der Waals surface area contributed by atoms with Gasteiger partial charge in [-0.1, -0.05) is 17.7 Å². The van der Waals surface area contributed by atoms with Crippen molar-refractivity contribution in [1.29, 1.82) is 0 Å². The lowest BCUT2D eigenvalue weighted by molar-refractivity contribution is 0.0950. The number of aromatic nitrogens is 1. The molecule has 1 aromatic carbocycles. The number of benzene rings is 1. The minimum Gasteiger partial charge on any atom is -0.490 e. The molecule has 1 amide bonds. The lowest BCUT2D eigenvalue weighted by atomic mass is 10.2. The van der Waals surface area contributed by atoms with E-state index in [1.54, 1.807) is 30.6 Å². The van der Waals surface area contributed by atoms with E-state index in [9.17, 15) is 4.79 Å². The molecule has 0 radical (unpaired) electrons. The van der Waals surface area contributed by atoms with E-state index < -0.39 is 0 Å². The topological polar surface area (TPSA) is 60.5 Å². The quantitative estimate of drug-likeness (QED) is 0.593. The molecule has 0 saturated carbocycles.